The van der Waals surface area contributed by atoms with Gasteiger partial charge in [0.05, 0.1) is 17.3 Å². The fourth-order valence-electron chi connectivity index (χ4n) is 3.90. The van der Waals surface area contributed by atoms with E-state index in [0.29, 0.717) is 6.54 Å². The Morgan fingerprint density at radius 1 is 1.23 bits per heavy atom. The van der Waals surface area contributed by atoms with Gasteiger partial charge in [-0.25, -0.2) is 4.98 Å². The summed E-state index contributed by atoms with van der Waals surface area (Å²) in [5.41, 5.74) is 6.67. The van der Waals surface area contributed by atoms with Gasteiger partial charge in [-0.1, -0.05) is 0 Å². The van der Waals surface area contributed by atoms with E-state index in [9.17, 15) is 13.2 Å². The summed E-state index contributed by atoms with van der Waals surface area (Å²) >= 11 is 0. The summed E-state index contributed by atoms with van der Waals surface area (Å²) in [6, 6.07) is 8.37. The summed E-state index contributed by atoms with van der Waals surface area (Å²) in [7, 11) is 0. The molecule has 5 nitrogen and oxygen atoms in total. The van der Waals surface area contributed by atoms with Gasteiger partial charge in [0.15, 0.2) is 0 Å². The molecule has 1 aromatic heterocycles. The summed E-state index contributed by atoms with van der Waals surface area (Å²) in [4.78, 5) is 6.34. The van der Waals surface area contributed by atoms with Crippen molar-refractivity contribution < 1.29 is 13.2 Å². The zero-order valence-electron chi connectivity index (χ0n) is 17.1. The predicted octanol–water partition coefficient (Wildman–Crippen LogP) is 4.75. The molecule has 0 saturated carbocycles. The maximum absolute atomic E-state index is 13.1. The van der Waals surface area contributed by atoms with E-state index in [1.165, 1.54) is 13.0 Å². The van der Waals surface area contributed by atoms with Gasteiger partial charge in [0.1, 0.15) is 5.82 Å². The van der Waals surface area contributed by atoms with Crippen molar-refractivity contribution in [3.8, 4) is 0 Å². The van der Waals surface area contributed by atoms with Crippen LogP contribution >= 0.6 is 0 Å². The molecule has 0 amide bonds. The number of hydrogen-bond acceptors (Lipinski definition) is 5. The second-order valence-corrected chi connectivity index (χ2v) is 7.53. The van der Waals surface area contributed by atoms with Crippen LogP contribution in [-0.2, 0) is 6.18 Å². The Morgan fingerprint density at radius 2 is 2.03 bits per heavy atom. The number of hydrazine groups is 1. The fraction of sp³-hybridized carbons (Fsp3) is 0.318. The highest BCUT2D eigenvalue weighted by atomic mass is 19.4. The van der Waals surface area contributed by atoms with Crippen molar-refractivity contribution in [1.29, 1.82) is 0 Å². The first-order valence-electron chi connectivity index (χ1n) is 9.90. The van der Waals surface area contributed by atoms with Crippen LogP contribution in [0.3, 0.4) is 0 Å². The molecule has 2 N–H and O–H groups in total. The Kier molecular flexibility index (Phi) is 5.09. The predicted molar refractivity (Wildman–Crippen MR) is 112 cm³/mol. The third kappa shape index (κ3) is 3.69. The second kappa shape index (κ2) is 7.59. The van der Waals surface area contributed by atoms with E-state index in [2.05, 4.69) is 27.7 Å². The van der Waals surface area contributed by atoms with Crippen molar-refractivity contribution >= 4 is 17.1 Å². The summed E-state index contributed by atoms with van der Waals surface area (Å²) in [6.07, 6.45) is 1.36. The number of rotatable bonds is 4. The van der Waals surface area contributed by atoms with Gasteiger partial charge in [0.25, 0.3) is 0 Å². The van der Waals surface area contributed by atoms with Gasteiger partial charge in [0.2, 0.25) is 0 Å². The standard InChI is InChI=1S/C22H24F3N5/c1-4-26-21-10-16(7-8-27-21)18-11-28-30-15(3)12-29(13-20(18)30)17-5-6-19(14(2)9-17)22(23,24)25/h5-11,13,15,28H,4,12H2,1-3H3,(H,26,27)/t15-/m0/s1. The number of aromatic nitrogens is 1. The number of hydrogen-bond donors (Lipinski definition) is 2. The first-order valence-corrected chi connectivity index (χ1v) is 9.90. The minimum atomic E-state index is -4.34. The van der Waals surface area contributed by atoms with Gasteiger partial charge >= 0.3 is 6.18 Å². The molecule has 2 aliphatic rings. The van der Waals surface area contributed by atoms with Crippen molar-refractivity contribution in [2.75, 3.05) is 23.3 Å². The Bertz CT molecular complexity index is 1010. The molecule has 0 aliphatic carbocycles. The monoisotopic (exact) mass is 415 g/mol. The van der Waals surface area contributed by atoms with Crippen LogP contribution in [0.1, 0.15) is 30.5 Å². The van der Waals surface area contributed by atoms with E-state index < -0.39 is 11.7 Å². The highest BCUT2D eigenvalue weighted by Gasteiger charge is 2.34. The molecule has 0 fully saturated rings. The number of pyridine rings is 1. The third-order valence-electron chi connectivity index (χ3n) is 5.34. The number of nitrogens with one attached hydrogen (secondary N) is 2. The van der Waals surface area contributed by atoms with Crippen molar-refractivity contribution in [1.82, 2.24) is 15.4 Å². The van der Waals surface area contributed by atoms with Crippen LogP contribution in [0.15, 0.2) is 54.6 Å². The Hall–Kier alpha value is -3.16. The number of nitrogens with zero attached hydrogens (tertiary/aromatic N) is 3. The molecule has 8 heteroatoms. The highest BCUT2D eigenvalue weighted by Crippen LogP contribution is 2.37. The summed E-state index contributed by atoms with van der Waals surface area (Å²) < 4.78 is 39.4. The number of halogens is 3. The number of benzene rings is 1. The molecular weight excluding hydrogens is 391 g/mol. The van der Waals surface area contributed by atoms with Gasteiger partial charge in [-0.15, -0.1) is 0 Å². The van der Waals surface area contributed by atoms with Crippen LogP contribution in [0.5, 0.6) is 0 Å². The zero-order valence-corrected chi connectivity index (χ0v) is 17.1. The average molecular weight is 415 g/mol. The molecule has 4 rings (SSSR count). The molecule has 0 spiro atoms. The van der Waals surface area contributed by atoms with E-state index in [-0.39, 0.29) is 11.6 Å². The molecule has 158 valence electrons. The van der Waals surface area contributed by atoms with Crippen LogP contribution in [0.2, 0.25) is 0 Å². The lowest BCUT2D eigenvalue weighted by Crippen LogP contribution is -2.47. The van der Waals surface area contributed by atoms with Crippen molar-refractivity contribution in [3.05, 3.63) is 71.3 Å². The fourth-order valence-corrected chi connectivity index (χ4v) is 3.90. The van der Waals surface area contributed by atoms with E-state index in [1.54, 1.807) is 12.3 Å². The lowest BCUT2D eigenvalue weighted by molar-refractivity contribution is -0.138. The second-order valence-electron chi connectivity index (χ2n) is 7.53. The largest absolute Gasteiger partial charge is 0.416 e. The van der Waals surface area contributed by atoms with Gasteiger partial charge in [-0.05, 0) is 62.2 Å². The molecule has 3 heterocycles. The topological polar surface area (TPSA) is 43.4 Å². The van der Waals surface area contributed by atoms with Crippen LogP contribution in [-0.4, -0.2) is 29.1 Å². The normalized spacial score (nSPS) is 18.5. The van der Waals surface area contributed by atoms with Gasteiger partial charge in [-0.2, -0.15) is 13.2 Å². The van der Waals surface area contributed by atoms with Gasteiger partial charge in [-0.3, -0.25) is 5.01 Å². The Labute approximate surface area is 173 Å². The Balaban J connectivity index is 1.68. The first kappa shape index (κ1) is 20.1. The van der Waals surface area contributed by atoms with E-state index in [4.69, 9.17) is 0 Å². The van der Waals surface area contributed by atoms with Crippen LogP contribution in [0.4, 0.5) is 24.7 Å². The quantitative estimate of drug-likeness (QED) is 0.754. The number of aryl methyl sites for hydroxylation is 1. The van der Waals surface area contributed by atoms with Crippen molar-refractivity contribution in [2.45, 2.75) is 33.0 Å². The lowest BCUT2D eigenvalue weighted by Gasteiger charge is -2.38. The molecule has 1 aromatic carbocycles. The lowest BCUT2D eigenvalue weighted by atomic mass is 10.0. The maximum atomic E-state index is 13.1. The maximum Gasteiger partial charge on any atom is 0.416 e. The summed E-state index contributed by atoms with van der Waals surface area (Å²) in [5.74, 6) is 0.800. The first-order chi connectivity index (χ1) is 14.3. The molecule has 2 aromatic rings. The number of anilines is 2. The number of alkyl halides is 3. The van der Waals surface area contributed by atoms with E-state index in [0.717, 1.165) is 40.9 Å². The molecule has 1 atom stereocenters. The van der Waals surface area contributed by atoms with E-state index in [1.807, 2.05) is 36.4 Å². The van der Waals surface area contributed by atoms with E-state index >= 15 is 0 Å². The molecule has 2 aliphatic heterocycles. The minimum absolute atomic E-state index is 0.122. The van der Waals surface area contributed by atoms with Crippen molar-refractivity contribution in [3.63, 3.8) is 0 Å². The molecule has 30 heavy (non-hydrogen) atoms. The molecule has 0 bridgehead atoms. The minimum Gasteiger partial charge on any atom is -0.370 e. The van der Waals surface area contributed by atoms with Crippen LogP contribution in [0, 0.1) is 6.92 Å². The number of fused-ring (bicyclic) bond motifs is 1. The van der Waals surface area contributed by atoms with Gasteiger partial charge < -0.3 is 15.6 Å². The zero-order chi connectivity index (χ0) is 21.5. The molecular formula is C22H24F3N5. The van der Waals surface area contributed by atoms with Crippen molar-refractivity contribution in [2.24, 2.45) is 0 Å². The summed E-state index contributed by atoms with van der Waals surface area (Å²) in [6.45, 7) is 7.03. The van der Waals surface area contributed by atoms with Crippen LogP contribution in [0.25, 0.3) is 5.57 Å². The molecule has 0 saturated heterocycles. The Morgan fingerprint density at radius 3 is 2.73 bits per heavy atom. The average Bonchev–Trinajstić information content (AvgIpc) is 3.12. The van der Waals surface area contributed by atoms with Crippen LogP contribution < -0.4 is 15.6 Å². The molecule has 0 radical (unpaired) electrons. The summed E-state index contributed by atoms with van der Waals surface area (Å²) in [5, 5.41) is 5.30. The highest BCUT2D eigenvalue weighted by molar-refractivity contribution is 5.82. The molecule has 0 unspecified atom stereocenters. The smallest absolute Gasteiger partial charge is 0.370 e. The third-order valence-corrected chi connectivity index (χ3v) is 5.34. The van der Waals surface area contributed by atoms with Gasteiger partial charge in [0, 0.05) is 42.9 Å². The SMILES string of the molecule is CCNc1cc(C2=CNN3C2=CN(c2ccc(C(F)(F)F)c(C)c2)C[C@@H]3C)ccn1. The number of allylic oxidation sites excluding steroid dienone is 1.